The summed E-state index contributed by atoms with van der Waals surface area (Å²) in [6, 6.07) is 30.6. The molecule has 0 spiro atoms. The predicted octanol–water partition coefficient (Wildman–Crippen LogP) is 11.5. The van der Waals surface area contributed by atoms with Crippen LogP contribution in [0.2, 0.25) is 0 Å². The lowest BCUT2D eigenvalue weighted by molar-refractivity contribution is 0.792. The molecule has 41 heavy (non-hydrogen) atoms. The number of aryl methyl sites for hydroxylation is 3. The molecule has 0 fully saturated rings. The molecule has 2 nitrogen and oxygen atoms in total. The van der Waals surface area contributed by atoms with E-state index in [4.69, 9.17) is 9.98 Å². The molecule has 0 aliphatic rings. The van der Waals surface area contributed by atoms with E-state index in [1.165, 1.54) is 70.2 Å². The first kappa shape index (κ1) is 30.2. The molecule has 0 aromatic heterocycles. The highest BCUT2D eigenvalue weighted by atomic mass is 14.8. The number of unbranched alkanes of at least 4 members (excludes halogenated alkanes) is 2. The summed E-state index contributed by atoms with van der Waals surface area (Å²) in [4.78, 5) is 10.1. The van der Waals surface area contributed by atoms with Crippen LogP contribution in [0.25, 0.3) is 22.3 Å². The Morgan fingerprint density at radius 3 is 1.95 bits per heavy atom. The van der Waals surface area contributed by atoms with E-state index >= 15 is 0 Å². The molecule has 4 aromatic rings. The molecule has 0 radical (unpaired) electrons. The first-order chi connectivity index (χ1) is 20.1. The topological polar surface area (TPSA) is 24.7 Å². The van der Waals surface area contributed by atoms with E-state index in [1.807, 2.05) is 6.21 Å². The van der Waals surface area contributed by atoms with E-state index in [0.29, 0.717) is 0 Å². The average Bonchev–Trinajstić information content (AvgIpc) is 3.01. The molecular weight excluding hydrogens is 496 g/mol. The smallest absolute Gasteiger partial charge is 0.0642 e. The van der Waals surface area contributed by atoms with Crippen LogP contribution in [0.5, 0.6) is 0 Å². The van der Waals surface area contributed by atoms with Gasteiger partial charge < -0.3 is 0 Å². The number of hydrogen-bond donors (Lipinski definition) is 0. The van der Waals surface area contributed by atoms with E-state index in [0.717, 1.165) is 42.8 Å². The zero-order valence-corrected chi connectivity index (χ0v) is 25.7. The maximum absolute atomic E-state index is 5.11. The fourth-order valence-electron chi connectivity index (χ4n) is 5.58. The van der Waals surface area contributed by atoms with Crippen LogP contribution in [0.4, 0.5) is 11.4 Å². The van der Waals surface area contributed by atoms with Crippen molar-refractivity contribution >= 4 is 23.3 Å². The standard InChI is InChI=1S/C39H46N2/c1-6-10-18-33-26-35(25-30(8-3)39(33)32-21-16-13-17-22-32)40-28-34(9-4)41-36-24-29(5)37(23-11-7-2)38(27-36)31-19-14-12-15-20-31/h12-17,19-22,24-28H,6-11,18,23H2,1-5H3. The molecule has 4 rings (SSSR count). The normalized spacial score (nSPS) is 11.9. The monoisotopic (exact) mass is 542 g/mol. The minimum atomic E-state index is 0.826. The Morgan fingerprint density at radius 2 is 1.32 bits per heavy atom. The van der Waals surface area contributed by atoms with Gasteiger partial charge in [-0.25, -0.2) is 0 Å². The van der Waals surface area contributed by atoms with Gasteiger partial charge >= 0.3 is 0 Å². The van der Waals surface area contributed by atoms with Crippen LogP contribution in [0, 0.1) is 6.92 Å². The number of nitrogens with zero attached hydrogens (tertiary/aromatic N) is 2. The minimum absolute atomic E-state index is 0.826. The van der Waals surface area contributed by atoms with Gasteiger partial charge in [0.2, 0.25) is 0 Å². The van der Waals surface area contributed by atoms with E-state index in [-0.39, 0.29) is 0 Å². The van der Waals surface area contributed by atoms with Gasteiger partial charge in [-0.15, -0.1) is 0 Å². The molecule has 2 heteroatoms. The zero-order chi connectivity index (χ0) is 29.0. The van der Waals surface area contributed by atoms with Crippen molar-refractivity contribution in [2.45, 2.75) is 86.0 Å². The van der Waals surface area contributed by atoms with Crippen molar-refractivity contribution in [1.29, 1.82) is 0 Å². The van der Waals surface area contributed by atoms with Crippen LogP contribution < -0.4 is 0 Å². The Kier molecular flexibility index (Phi) is 11.3. The molecule has 0 N–H and O–H groups in total. The first-order valence-corrected chi connectivity index (χ1v) is 15.6. The van der Waals surface area contributed by atoms with E-state index in [1.54, 1.807) is 0 Å². The van der Waals surface area contributed by atoms with Crippen molar-refractivity contribution in [1.82, 2.24) is 0 Å². The molecule has 212 valence electrons. The fourth-order valence-corrected chi connectivity index (χ4v) is 5.58. The third-order valence-corrected chi connectivity index (χ3v) is 7.85. The number of hydrogen-bond acceptors (Lipinski definition) is 2. The van der Waals surface area contributed by atoms with Gasteiger partial charge in [0, 0.05) is 6.21 Å². The SMILES string of the molecule is CCCCc1cc(N=CC(CC)=Nc2cc(C)c(CCCC)c(-c3ccccc3)c2)cc(CC)c1-c1ccccc1. The van der Waals surface area contributed by atoms with E-state index in [2.05, 4.69) is 120 Å². The zero-order valence-electron chi connectivity index (χ0n) is 25.7. The molecule has 0 saturated carbocycles. The molecule has 0 bridgehead atoms. The highest BCUT2D eigenvalue weighted by molar-refractivity contribution is 6.31. The van der Waals surface area contributed by atoms with Crippen LogP contribution in [0.1, 0.15) is 82.1 Å². The fraction of sp³-hybridized carbons (Fsp3) is 0.333. The van der Waals surface area contributed by atoms with Crippen molar-refractivity contribution in [3.05, 3.63) is 107 Å². The lowest BCUT2D eigenvalue weighted by Gasteiger charge is -2.16. The maximum Gasteiger partial charge on any atom is 0.0642 e. The maximum atomic E-state index is 5.11. The van der Waals surface area contributed by atoms with Crippen molar-refractivity contribution in [2.75, 3.05) is 0 Å². The average molecular weight is 543 g/mol. The number of benzene rings is 4. The van der Waals surface area contributed by atoms with Gasteiger partial charge in [-0.05, 0) is 114 Å². The van der Waals surface area contributed by atoms with Gasteiger partial charge in [0.25, 0.3) is 0 Å². The van der Waals surface area contributed by atoms with Gasteiger partial charge in [-0.1, -0.05) is 101 Å². The van der Waals surface area contributed by atoms with E-state index in [9.17, 15) is 0 Å². The van der Waals surface area contributed by atoms with Crippen LogP contribution in [0.15, 0.2) is 94.9 Å². The third kappa shape index (κ3) is 7.91. The molecule has 0 saturated heterocycles. The Morgan fingerprint density at radius 1 is 0.683 bits per heavy atom. The molecule has 0 amide bonds. The van der Waals surface area contributed by atoms with E-state index < -0.39 is 0 Å². The summed E-state index contributed by atoms with van der Waals surface area (Å²) in [5, 5.41) is 0. The largest absolute Gasteiger partial charge is 0.255 e. The van der Waals surface area contributed by atoms with Crippen LogP contribution in [-0.2, 0) is 19.3 Å². The molecule has 0 unspecified atom stereocenters. The summed E-state index contributed by atoms with van der Waals surface area (Å²) in [6.45, 7) is 11.2. The molecule has 0 atom stereocenters. The Labute approximate surface area is 248 Å². The number of aliphatic imine (C=N–C) groups is 2. The predicted molar refractivity (Wildman–Crippen MR) is 181 cm³/mol. The summed E-state index contributed by atoms with van der Waals surface area (Å²) < 4.78 is 0. The molecule has 0 aliphatic heterocycles. The van der Waals surface area contributed by atoms with Crippen molar-refractivity contribution in [3.8, 4) is 22.3 Å². The lowest BCUT2D eigenvalue weighted by Crippen LogP contribution is -1.99. The summed E-state index contributed by atoms with van der Waals surface area (Å²) in [5.41, 5.74) is 13.8. The van der Waals surface area contributed by atoms with Crippen molar-refractivity contribution in [3.63, 3.8) is 0 Å². The third-order valence-electron chi connectivity index (χ3n) is 7.85. The summed E-state index contributed by atoms with van der Waals surface area (Å²) >= 11 is 0. The van der Waals surface area contributed by atoms with Crippen LogP contribution in [0.3, 0.4) is 0 Å². The quantitative estimate of drug-likeness (QED) is 0.150. The Balaban J connectivity index is 1.71. The molecular formula is C39H46N2. The molecule has 4 aromatic carbocycles. The highest BCUT2D eigenvalue weighted by Crippen LogP contribution is 2.34. The molecule has 0 heterocycles. The van der Waals surface area contributed by atoms with Gasteiger partial charge in [0.1, 0.15) is 0 Å². The van der Waals surface area contributed by atoms with Gasteiger partial charge in [0.15, 0.2) is 0 Å². The summed E-state index contributed by atoms with van der Waals surface area (Å²) in [6.07, 6.45) is 10.7. The summed E-state index contributed by atoms with van der Waals surface area (Å²) in [7, 11) is 0. The first-order valence-electron chi connectivity index (χ1n) is 15.6. The Hall–Kier alpha value is -3.78. The van der Waals surface area contributed by atoms with Crippen molar-refractivity contribution < 1.29 is 0 Å². The van der Waals surface area contributed by atoms with Crippen molar-refractivity contribution in [2.24, 2.45) is 9.98 Å². The summed E-state index contributed by atoms with van der Waals surface area (Å²) in [5.74, 6) is 0. The second-order valence-corrected chi connectivity index (χ2v) is 10.9. The van der Waals surface area contributed by atoms with Gasteiger partial charge in [0.05, 0.1) is 17.1 Å². The van der Waals surface area contributed by atoms with Gasteiger partial charge in [-0.2, -0.15) is 0 Å². The Bertz CT molecular complexity index is 1460. The second kappa shape index (κ2) is 15.3. The van der Waals surface area contributed by atoms with Crippen LogP contribution >= 0.6 is 0 Å². The van der Waals surface area contributed by atoms with Crippen LogP contribution in [-0.4, -0.2) is 11.9 Å². The van der Waals surface area contributed by atoms with Gasteiger partial charge in [-0.3, -0.25) is 9.98 Å². The minimum Gasteiger partial charge on any atom is -0.255 e. The highest BCUT2D eigenvalue weighted by Gasteiger charge is 2.13. The molecule has 0 aliphatic carbocycles. The number of rotatable bonds is 13. The second-order valence-electron chi connectivity index (χ2n) is 10.9. The lowest BCUT2D eigenvalue weighted by atomic mass is 9.90.